The fourth-order valence-corrected chi connectivity index (χ4v) is 6.53. The average Bonchev–Trinajstić information content (AvgIpc) is 3.33. The summed E-state index contributed by atoms with van der Waals surface area (Å²) in [5, 5.41) is 12.3. The lowest BCUT2D eigenvalue weighted by atomic mass is 10.1. The molecule has 0 saturated heterocycles. The van der Waals surface area contributed by atoms with Crippen LogP contribution in [0.5, 0.6) is 0 Å². The summed E-state index contributed by atoms with van der Waals surface area (Å²) in [6, 6.07) is 12.8. The van der Waals surface area contributed by atoms with Gasteiger partial charge in [0.05, 0.1) is 10.6 Å². The van der Waals surface area contributed by atoms with E-state index in [0.717, 1.165) is 35.6 Å². The lowest BCUT2D eigenvalue weighted by Gasteiger charge is -2.22. The highest BCUT2D eigenvalue weighted by Crippen LogP contribution is 2.27. The molecule has 11 heteroatoms. The summed E-state index contributed by atoms with van der Waals surface area (Å²) in [6.07, 6.45) is 0. The number of thioether (sulfide) groups is 1. The Hall–Kier alpha value is -2.89. The van der Waals surface area contributed by atoms with Gasteiger partial charge in [-0.15, -0.1) is 10.2 Å². The first-order chi connectivity index (χ1) is 18.2. The van der Waals surface area contributed by atoms with Crippen molar-refractivity contribution in [2.24, 2.45) is 0 Å². The number of amides is 1. The quantitative estimate of drug-likeness (QED) is 0.298. The first-order valence-electron chi connectivity index (χ1n) is 13.0. The van der Waals surface area contributed by atoms with E-state index in [1.54, 1.807) is 24.3 Å². The second kappa shape index (κ2) is 13.3. The van der Waals surface area contributed by atoms with Crippen molar-refractivity contribution >= 4 is 39.1 Å². The van der Waals surface area contributed by atoms with Crippen LogP contribution in [-0.4, -0.2) is 65.3 Å². The van der Waals surface area contributed by atoms with E-state index in [0.29, 0.717) is 30.6 Å². The number of nitrogens with zero attached hydrogens (tertiary/aromatic N) is 5. The van der Waals surface area contributed by atoms with Crippen LogP contribution in [0.25, 0.3) is 11.4 Å². The summed E-state index contributed by atoms with van der Waals surface area (Å²) in [7, 11) is -3.53. The molecule has 0 atom stereocenters. The second-order valence-electron chi connectivity index (χ2n) is 8.67. The predicted octanol–water partition coefficient (Wildman–Crippen LogP) is 4.88. The molecule has 9 nitrogen and oxygen atoms in total. The predicted molar refractivity (Wildman–Crippen MR) is 155 cm³/mol. The van der Waals surface area contributed by atoms with Crippen molar-refractivity contribution in [1.82, 2.24) is 19.1 Å². The molecule has 0 bridgehead atoms. The van der Waals surface area contributed by atoms with E-state index in [1.165, 1.54) is 16.1 Å². The summed E-state index contributed by atoms with van der Waals surface area (Å²) in [6.45, 7) is 15.2. The molecule has 1 aromatic heterocycles. The minimum Gasteiger partial charge on any atom is -0.372 e. The van der Waals surface area contributed by atoms with Gasteiger partial charge >= 0.3 is 0 Å². The standard InChI is InChI=1S/C27H38N6O3S2/c1-7-31(8-2)22-14-17-24(20(6)18-22)28-25(34)19-37-27-30-29-26(33(27)11-5)21-12-15-23(16-13-21)38(35,36)32(9-3)10-4/h12-18H,7-11,19H2,1-6H3,(H,28,34). The molecule has 2 aromatic carbocycles. The van der Waals surface area contributed by atoms with Crippen LogP contribution in [0.15, 0.2) is 52.5 Å². The van der Waals surface area contributed by atoms with Crippen molar-refractivity contribution in [1.29, 1.82) is 0 Å². The van der Waals surface area contributed by atoms with Crippen molar-refractivity contribution in [3.8, 4) is 11.4 Å². The molecule has 38 heavy (non-hydrogen) atoms. The van der Waals surface area contributed by atoms with Gasteiger partial charge in [-0.25, -0.2) is 8.42 Å². The number of sulfonamides is 1. The Bertz CT molecular complexity index is 1330. The smallest absolute Gasteiger partial charge is 0.243 e. The lowest BCUT2D eigenvalue weighted by Crippen LogP contribution is -2.30. The third-order valence-corrected chi connectivity index (χ3v) is 9.46. The fraction of sp³-hybridized carbons (Fsp3) is 0.444. The van der Waals surface area contributed by atoms with E-state index in [2.05, 4.69) is 40.3 Å². The van der Waals surface area contributed by atoms with E-state index in [1.807, 2.05) is 44.4 Å². The minimum atomic E-state index is -3.53. The van der Waals surface area contributed by atoms with E-state index < -0.39 is 10.0 Å². The Morgan fingerprint density at radius 1 is 0.947 bits per heavy atom. The first kappa shape index (κ1) is 29.7. The molecule has 3 aromatic rings. The summed E-state index contributed by atoms with van der Waals surface area (Å²) < 4.78 is 28.9. The van der Waals surface area contributed by atoms with Crippen molar-refractivity contribution < 1.29 is 13.2 Å². The highest BCUT2D eigenvalue weighted by molar-refractivity contribution is 7.99. The van der Waals surface area contributed by atoms with Gasteiger partial charge in [-0.1, -0.05) is 25.6 Å². The van der Waals surface area contributed by atoms with Crippen molar-refractivity contribution in [3.05, 3.63) is 48.0 Å². The molecule has 1 heterocycles. The Balaban J connectivity index is 1.70. The normalized spacial score (nSPS) is 11.7. The van der Waals surface area contributed by atoms with Gasteiger partial charge in [0, 0.05) is 49.7 Å². The monoisotopic (exact) mass is 558 g/mol. The number of carbonyl (C=O) groups excluding carboxylic acids is 1. The Morgan fingerprint density at radius 3 is 2.16 bits per heavy atom. The molecular formula is C27H38N6O3S2. The molecule has 0 saturated carbocycles. The molecule has 0 spiro atoms. The van der Waals surface area contributed by atoms with Crippen LogP contribution in [0.2, 0.25) is 0 Å². The Labute approximate surface area is 230 Å². The topological polar surface area (TPSA) is 100 Å². The molecule has 1 N–H and O–H groups in total. The van der Waals surface area contributed by atoms with Crippen LogP contribution < -0.4 is 10.2 Å². The highest BCUT2D eigenvalue weighted by Gasteiger charge is 2.22. The van der Waals surface area contributed by atoms with Crippen LogP contribution in [0.1, 0.15) is 40.2 Å². The minimum absolute atomic E-state index is 0.119. The maximum Gasteiger partial charge on any atom is 0.243 e. The van der Waals surface area contributed by atoms with Crippen LogP contribution >= 0.6 is 11.8 Å². The van der Waals surface area contributed by atoms with E-state index >= 15 is 0 Å². The molecule has 206 valence electrons. The van der Waals surface area contributed by atoms with Crippen molar-refractivity contribution in [2.45, 2.75) is 58.1 Å². The SMILES string of the molecule is CCN(CC)c1ccc(NC(=O)CSc2nnc(-c3ccc(S(=O)(=O)N(CC)CC)cc3)n2CC)c(C)c1. The third-order valence-electron chi connectivity index (χ3n) is 6.43. The van der Waals surface area contributed by atoms with Gasteiger partial charge < -0.3 is 14.8 Å². The second-order valence-corrected chi connectivity index (χ2v) is 11.6. The molecule has 0 unspecified atom stereocenters. The largest absolute Gasteiger partial charge is 0.372 e. The number of aryl methyl sites for hydroxylation is 1. The van der Waals surface area contributed by atoms with E-state index in [-0.39, 0.29) is 16.6 Å². The van der Waals surface area contributed by atoms with Crippen molar-refractivity contribution in [3.63, 3.8) is 0 Å². The summed E-state index contributed by atoms with van der Waals surface area (Å²) in [5.41, 5.74) is 3.71. The number of hydrogen-bond acceptors (Lipinski definition) is 7. The first-order valence-corrected chi connectivity index (χ1v) is 15.4. The zero-order valence-corrected chi connectivity index (χ0v) is 24.7. The molecular weight excluding hydrogens is 520 g/mol. The maximum absolute atomic E-state index is 12.8. The number of nitrogens with one attached hydrogen (secondary N) is 1. The molecule has 0 radical (unpaired) electrons. The highest BCUT2D eigenvalue weighted by atomic mass is 32.2. The Morgan fingerprint density at radius 2 is 1.61 bits per heavy atom. The number of rotatable bonds is 13. The number of anilines is 2. The molecule has 0 aliphatic heterocycles. The molecule has 1 amide bonds. The number of hydrogen-bond donors (Lipinski definition) is 1. The number of aromatic nitrogens is 3. The molecule has 0 fully saturated rings. The van der Waals surface area contributed by atoms with Crippen LogP contribution in [0.4, 0.5) is 11.4 Å². The molecule has 3 rings (SSSR count). The van der Waals surface area contributed by atoms with E-state index in [9.17, 15) is 13.2 Å². The number of carbonyl (C=O) groups is 1. The Kier molecular flexibility index (Phi) is 10.3. The van der Waals surface area contributed by atoms with Gasteiger partial charge in [0.15, 0.2) is 11.0 Å². The van der Waals surface area contributed by atoms with Crippen LogP contribution in [0.3, 0.4) is 0 Å². The average molecular weight is 559 g/mol. The van der Waals surface area contributed by atoms with Crippen molar-refractivity contribution in [2.75, 3.05) is 42.1 Å². The maximum atomic E-state index is 12.8. The van der Waals surface area contributed by atoms with E-state index in [4.69, 9.17) is 0 Å². The lowest BCUT2D eigenvalue weighted by molar-refractivity contribution is -0.113. The zero-order valence-electron chi connectivity index (χ0n) is 23.1. The van der Waals surface area contributed by atoms with Gasteiger partial charge in [-0.2, -0.15) is 4.31 Å². The zero-order chi connectivity index (χ0) is 27.9. The number of benzene rings is 2. The van der Waals surface area contributed by atoms with Gasteiger partial charge in [-0.05, 0) is 75.7 Å². The van der Waals surface area contributed by atoms with Gasteiger partial charge in [-0.3, -0.25) is 4.79 Å². The molecule has 0 aliphatic rings. The summed E-state index contributed by atoms with van der Waals surface area (Å²) >= 11 is 1.32. The van der Waals surface area contributed by atoms with Crippen LogP contribution in [0, 0.1) is 6.92 Å². The van der Waals surface area contributed by atoms with Gasteiger partial charge in [0.1, 0.15) is 0 Å². The van der Waals surface area contributed by atoms with Crippen LogP contribution in [-0.2, 0) is 21.4 Å². The van der Waals surface area contributed by atoms with Gasteiger partial charge in [0.25, 0.3) is 0 Å². The summed E-state index contributed by atoms with van der Waals surface area (Å²) in [4.78, 5) is 15.2. The van der Waals surface area contributed by atoms with Gasteiger partial charge in [0.2, 0.25) is 15.9 Å². The summed E-state index contributed by atoms with van der Waals surface area (Å²) in [5.74, 6) is 0.702. The fourth-order valence-electron chi connectivity index (χ4n) is 4.27. The third kappa shape index (κ3) is 6.57. The molecule has 0 aliphatic carbocycles.